The molecule has 208 valence electrons. The Labute approximate surface area is 255 Å². The van der Waals surface area contributed by atoms with Crippen molar-refractivity contribution in [1.82, 2.24) is 9.97 Å². The second-order valence-corrected chi connectivity index (χ2v) is 13.7. The van der Waals surface area contributed by atoms with E-state index in [-0.39, 0.29) is 0 Å². The molecule has 0 radical (unpaired) electrons. The van der Waals surface area contributed by atoms with Crippen molar-refractivity contribution < 1.29 is 4.57 Å². The first kappa shape index (κ1) is 26.3. The molecule has 0 N–H and O–H groups in total. The van der Waals surface area contributed by atoms with E-state index < -0.39 is 7.14 Å². The van der Waals surface area contributed by atoms with Crippen LogP contribution in [0.15, 0.2) is 164 Å². The van der Waals surface area contributed by atoms with Gasteiger partial charge in [-0.25, -0.2) is 4.98 Å². The van der Waals surface area contributed by atoms with E-state index in [0.29, 0.717) is 0 Å². The number of aromatic nitrogens is 2. The lowest BCUT2D eigenvalue weighted by Crippen LogP contribution is -2.25. The highest BCUT2D eigenvalue weighted by Crippen LogP contribution is 2.45. The van der Waals surface area contributed by atoms with Crippen LogP contribution in [-0.2, 0) is 4.57 Å². The van der Waals surface area contributed by atoms with Gasteiger partial charge in [0.15, 0.2) is 7.14 Å². The molecule has 0 atom stereocenters. The molecule has 4 heteroatoms. The molecule has 3 nitrogen and oxygen atoms in total. The average Bonchev–Trinajstić information content (AvgIpc) is 3.11. The minimum Gasteiger partial charge on any atom is -0.309 e. The van der Waals surface area contributed by atoms with Gasteiger partial charge in [0, 0.05) is 38.4 Å². The molecule has 44 heavy (non-hydrogen) atoms. The van der Waals surface area contributed by atoms with Gasteiger partial charge in [-0.3, -0.25) is 4.98 Å². The van der Waals surface area contributed by atoms with Crippen molar-refractivity contribution in [3.63, 3.8) is 0 Å². The number of hydrogen-bond donors (Lipinski definition) is 0. The number of nitrogens with zero attached hydrogens (tertiary/aromatic N) is 2. The van der Waals surface area contributed by atoms with Gasteiger partial charge in [-0.05, 0) is 40.1 Å². The van der Waals surface area contributed by atoms with Gasteiger partial charge in [-0.1, -0.05) is 140 Å². The van der Waals surface area contributed by atoms with Gasteiger partial charge in [-0.2, -0.15) is 0 Å². The molecule has 0 saturated heterocycles. The lowest BCUT2D eigenvalue weighted by Gasteiger charge is -2.22. The predicted molar refractivity (Wildman–Crippen MR) is 185 cm³/mol. The highest BCUT2D eigenvalue weighted by Gasteiger charge is 2.31. The van der Waals surface area contributed by atoms with Crippen LogP contribution in [0.5, 0.6) is 0 Å². The van der Waals surface area contributed by atoms with Gasteiger partial charge < -0.3 is 4.57 Å². The molecule has 6 aromatic carbocycles. The van der Waals surface area contributed by atoms with Crippen LogP contribution in [-0.4, -0.2) is 9.97 Å². The summed E-state index contributed by atoms with van der Waals surface area (Å²) in [5, 5.41) is 6.75. The Bertz CT molecular complexity index is 2310. The molecule has 0 saturated carbocycles. The van der Waals surface area contributed by atoms with Crippen molar-refractivity contribution >= 4 is 55.6 Å². The first-order chi connectivity index (χ1) is 21.7. The fourth-order valence-electron chi connectivity index (χ4n) is 6.22. The zero-order valence-electron chi connectivity index (χ0n) is 23.8. The second kappa shape index (κ2) is 10.7. The standard InChI is InChI=1S/C40H27N2OP/c43-44(32-11-3-1-4-12-32,33-13-5-2-6-14-33)38-26-24-34(35-15-7-8-16-36(35)38)28-17-19-29(20-18-28)37-25-23-31-22-21-30-10-9-27-41-39(30)40(31)42-37/h1-27H. The van der Waals surface area contributed by atoms with Crippen molar-refractivity contribution in [3.05, 3.63) is 164 Å². The van der Waals surface area contributed by atoms with Crippen LogP contribution in [0.1, 0.15) is 0 Å². The molecule has 0 bridgehead atoms. The fraction of sp³-hybridized carbons (Fsp3) is 0. The van der Waals surface area contributed by atoms with Crippen LogP contribution in [0.4, 0.5) is 0 Å². The SMILES string of the molecule is O=P(c1ccccc1)(c1ccccc1)c1ccc(-c2ccc(-c3ccc4ccc5cccnc5c4n3)cc2)c2ccccc12. The zero-order valence-corrected chi connectivity index (χ0v) is 24.7. The van der Waals surface area contributed by atoms with Crippen molar-refractivity contribution in [2.45, 2.75) is 0 Å². The number of rotatable bonds is 5. The zero-order chi connectivity index (χ0) is 29.5. The summed E-state index contributed by atoms with van der Waals surface area (Å²) >= 11 is 0. The molecule has 2 heterocycles. The molecule has 0 spiro atoms. The monoisotopic (exact) mass is 582 g/mol. The van der Waals surface area contributed by atoms with E-state index in [2.05, 4.69) is 89.9 Å². The van der Waals surface area contributed by atoms with E-state index in [1.165, 1.54) is 0 Å². The minimum atomic E-state index is -3.13. The Balaban J connectivity index is 1.24. The van der Waals surface area contributed by atoms with Gasteiger partial charge in [0.1, 0.15) is 0 Å². The molecule has 0 aliphatic carbocycles. The lowest BCUT2D eigenvalue weighted by atomic mass is 9.97. The summed E-state index contributed by atoms with van der Waals surface area (Å²) < 4.78 is 15.2. The summed E-state index contributed by atoms with van der Waals surface area (Å²) in [5.74, 6) is 0. The highest BCUT2D eigenvalue weighted by molar-refractivity contribution is 7.85. The maximum atomic E-state index is 15.2. The molecule has 0 aliphatic rings. The van der Waals surface area contributed by atoms with Gasteiger partial charge >= 0.3 is 0 Å². The third-order valence-electron chi connectivity index (χ3n) is 8.40. The summed E-state index contributed by atoms with van der Waals surface area (Å²) in [6.07, 6.45) is 1.82. The number of pyridine rings is 2. The molecule has 8 rings (SSSR count). The molecular weight excluding hydrogens is 555 g/mol. The van der Waals surface area contributed by atoms with Crippen LogP contribution in [0.3, 0.4) is 0 Å². The van der Waals surface area contributed by atoms with E-state index in [1.807, 2.05) is 79.0 Å². The maximum absolute atomic E-state index is 15.2. The van der Waals surface area contributed by atoms with Crippen molar-refractivity contribution in [2.75, 3.05) is 0 Å². The minimum absolute atomic E-state index is 0.833. The van der Waals surface area contributed by atoms with E-state index in [0.717, 1.165) is 70.9 Å². The Morgan fingerprint density at radius 1 is 0.455 bits per heavy atom. The summed E-state index contributed by atoms with van der Waals surface area (Å²) in [4.78, 5) is 9.64. The lowest BCUT2D eigenvalue weighted by molar-refractivity contribution is 0.592. The Hall–Kier alpha value is -5.37. The van der Waals surface area contributed by atoms with Crippen molar-refractivity contribution in [3.8, 4) is 22.4 Å². The Morgan fingerprint density at radius 3 is 1.75 bits per heavy atom. The van der Waals surface area contributed by atoms with E-state index in [9.17, 15) is 0 Å². The second-order valence-electron chi connectivity index (χ2n) is 10.9. The summed E-state index contributed by atoms with van der Waals surface area (Å²) in [7, 11) is -3.13. The van der Waals surface area contributed by atoms with Gasteiger partial charge in [0.25, 0.3) is 0 Å². The van der Waals surface area contributed by atoms with Gasteiger partial charge in [0.2, 0.25) is 0 Å². The molecule has 0 aliphatic heterocycles. The van der Waals surface area contributed by atoms with Crippen molar-refractivity contribution in [2.24, 2.45) is 0 Å². The highest BCUT2D eigenvalue weighted by atomic mass is 31.2. The third kappa shape index (κ3) is 4.33. The first-order valence-electron chi connectivity index (χ1n) is 14.7. The number of hydrogen-bond acceptors (Lipinski definition) is 3. The average molecular weight is 583 g/mol. The molecule has 0 fully saturated rings. The molecular formula is C40H27N2OP. The largest absolute Gasteiger partial charge is 0.309 e. The number of fused-ring (bicyclic) bond motifs is 4. The van der Waals surface area contributed by atoms with E-state index in [4.69, 9.17) is 4.98 Å². The summed E-state index contributed by atoms with van der Waals surface area (Å²) in [6.45, 7) is 0. The van der Waals surface area contributed by atoms with Crippen LogP contribution in [0.25, 0.3) is 55.0 Å². The quantitative estimate of drug-likeness (QED) is 0.150. The van der Waals surface area contributed by atoms with Crippen LogP contribution < -0.4 is 15.9 Å². The Kier molecular flexibility index (Phi) is 6.40. The molecule has 0 unspecified atom stereocenters. The van der Waals surface area contributed by atoms with Crippen molar-refractivity contribution in [1.29, 1.82) is 0 Å². The van der Waals surface area contributed by atoms with E-state index >= 15 is 4.57 Å². The summed E-state index contributed by atoms with van der Waals surface area (Å²) in [6, 6.07) is 53.2. The number of benzene rings is 6. The summed E-state index contributed by atoms with van der Waals surface area (Å²) in [5.41, 5.74) is 5.98. The van der Waals surface area contributed by atoms with Gasteiger partial charge in [-0.15, -0.1) is 0 Å². The normalized spacial score (nSPS) is 11.7. The van der Waals surface area contributed by atoms with Gasteiger partial charge in [0.05, 0.1) is 16.7 Å². The van der Waals surface area contributed by atoms with Crippen LogP contribution in [0.2, 0.25) is 0 Å². The van der Waals surface area contributed by atoms with Crippen LogP contribution in [0, 0.1) is 0 Å². The smallest absolute Gasteiger partial charge is 0.171 e. The topological polar surface area (TPSA) is 42.9 Å². The molecule has 2 aromatic heterocycles. The van der Waals surface area contributed by atoms with E-state index in [1.54, 1.807) is 0 Å². The fourth-order valence-corrected chi connectivity index (χ4v) is 9.07. The maximum Gasteiger partial charge on any atom is 0.171 e. The van der Waals surface area contributed by atoms with Crippen LogP contribution >= 0.6 is 7.14 Å². The Morgan fingerprint density at radius 2 is 1.05 bits per heavy atom. The first-order valence-corrected chi connectivity index (χ1v) is 16.4. The third-order valence-corrected chi connectivity index (χ3v) is 11.5. The predicted octanol–water partition coefficient (Wildman–Crippen LogP) is 8.91. The molecule has 0 amide bonds. The molecule has 8 aromatic rings.